The Kier molecular flexibility index (Phi) is 6.11. The second-order valence-electron chi connectivity index (χ2n) is 8.25. The first-order valence-electron chi connectivity index (χ1n) is 10.6. The molecule has 1 fully saturated rings. The first-order valence-corrected chi connectivity index (χ1v) is 10.6. The van der Waals surface area contributed by atoms with E-state index >= 15 is 0 Å². The molecule has 2 N–H and O–H groups in total. The molecule has 0 saturated carbocycles. The van der Waals surface area contributed by atoms with Crippen LogP contribution in [0.5, 0.6) is 0 Å². The number of aryl methyl sites for hydroxylation is 2. The maximum absolute atomic E-state index is 9.13. The number of piperidine rings is 1. The molecule has 31 heavy (non-hydrogen) atoms. The van der Waals surface area contributed by atoms with Crippen LogP contribution in [0.4, 0.5) is 5.69 Å². The molecule has 3 heterocycles. The largest absolute Gasteiger partial charge is 0.370 e. The highest BCUT2D eigenvalue weighted by Crippen LogP contribution is 2.36. The maximum atomic E-state index is 9.13. The van der Waals surface area contributed by atoms with Gasteiger partial charge in [-0.05, 0) is 49.9 Å². The molecule has 0 amide bonds. The van der Waals surface area contributed by atoms with E-state index in [9.17, 15) is 0 Å². The molecule has 1 aromatic carbocycles. The minimum absolute atomic E-state index is 0.267. The average molecular weight is 410 g/mol. The van der Waals surface area contributed by atoms with Crippen LogP contribution in [0.1, 0.15) is 40.8 Å². The fraction of sp³-hybridized carbons (Fsp3) is 0.269. The second-order valence-corrected chi connectivity index (χ2v) is 8.25. The van der Waals surface area contributed by atoms with Crippen LogP contribution in [0, 0.1) is 25.2 Å². The van der Waals surface area contributed by atoms with Gasteiger partial charge in [0.25, 0.3) is 0 Å². The fourth-order valence-electron chi connectivity index (χ4n) is 4.21. The molecule has 3 aromatic rings. The van der Waals surface area contributed by atoms with Crippen molar-refractivity contribution >= 4 is 17.8 Å². The molecule has 1 aliphatic rings. The summed E-state index contributed by atoms with van der Waals surface area (Å²) in [7, 11) is 0. The number of anilines is 1. The van der Waals surface area contributed by atoms with Crippen molar-refractivity contribution in [2.75, 3.05) is 18.0 Å². The maximum Gasteiger partial charge on any atom is 0.141 e. The van der Waals surface area contributed by atoms with Gasteiger partial charge < -0.3 is 10.6 Å². The predicted molar refractivity (Wildman–Crippen MR) is 126 cm³/mol. The van der Waals surface area contributed by atoms with E-state index in [1.807, 2.05) is 24.5 Å². The third kappa shape index (κ3) is 4.82. The van der Waals surface area contributed by atoms with Crippen LogP contribution in [0.25, 0.3) is 23.3 Å². The van der Waals surface area contributed by atoms with E-state index in [1.54, 1.807) is 12.3 Å². The zero-order chi connectivity index (χ0) is 21.8. The molecule has 0 spiro atoms. The third-order valence-corrected chi connectivity index (χ3v) is 5.69. The summed E-state index contributed by atoms with van der Waals surface area (Å²) >= 11 is 0. The molecule has 156 valence electrons. The Balaban J connectivity index is 1.80. The van der Waals surface area contributed by atoms with E-state index in [2.05, 4.69) is 59.1 Å². The lowest BCUT2D eigenvalue weighted by molar-refractivity contribution is 0.501. The Morgan fingerprint density at radius 2 is 1.81 bits per heavy atom. The Hall–Kier alpha value is -3.49. The highest BCUT2D eigenvalue weighted by atomic mass is 15.1. The van der Waals surface area contributed by atoms with Gasteiger partial charge in [0.1, 0.15) is 11.8 Å². The van der Waals surface area contributed by atoms with Crippen molar-refractivity contribution in [2.45, 2.75) is 32.7 Å². The van der Waals surface area contributed by atoms with Gasteiger partial charge >= 0.3 is 0 Å². The molecule has 0 atom stereocenters. The van der Waals surface area contributed by atoms with Crippen LogP contribution in [0.15, 0.2) is 48.9 Å². The van der Waals surface area contributed by atoms with Gasteiger partial charge in [-0.25, -0.2) is 4.98 Å². The molecule has 0 aliphatic carbocycles. The summed E-state index contributed by atoms with van der Waals surface area (Å²) in [6.45, 7) is 6.11. The lowest BCUT2D eigenvalue weighted by Gasteiger charge is -2.34. The van der Waals surface area contributed by atoms with Gasteiger partial charge in [0.05, 0.1) is 5.69 Å². The fourth-order valence-corrected chi connectivity index (χ4v) is 4.21. The van der Waals surface area contributed by atoms with Gasteiger partial charge in [-0.1, -0.05) is 41.5 Å². The molecule has 0 bridgehead atoms. The lowest BCUT2D eigenvalue weighted by atomic mass is 9.96. The molecule has 1 saturated heterocycles. The van der Waals surface area contributed by atoms with Crippen molar-refractivity contribution in [3.8, 4) is 17.2 Å². The lowest BCUT2D eigenvalue weighted by Crippen LogP contribution is -2.40. The molecule has 0 unspecified atom stereocenters. The zero-order valence-corrected chi connectivity index (χ0v) is 18.0. The number of nitrogens with two attached hydrogens (primary N) is 1. The van der Waals surface area contributed by atoms with Crippen molar-refractivity contribution in [3.63, 3.8) is 0 Å². The Morgan fingerprint density at radius 1 is 1.06 bits per heavy atom. The van der Waals surface area contributed by atoms with Crippen LogP contribution < -0.4 is 10.6 Å². The molecule has 1 aliphatic heterocycles. The Labute approximate surface area is 183 Å². The number of hydrogen-bond acceptors (Lipinski definition) is 5. The van der Waals surface area contributed by atoms with E-state index in [4.69, 9.17) is 11.0 Å². The Bertz CT molecular complexity index is 1130. The summed E-state index contributed by atoms with van der Waals surface area (Å²) in [5.74, 6) is 0. The average Bonchev–Trinajstić information content (AvgIpc) is 2.77. The van der Waals surface area contributed by atoms with Crippen molar-refractivity contribution in [2.24, 2.45) is 5.73 Å². The van der Waals surface area contributed by atoms with Crippen molar-refractivity contribution in [3.05, 3.63) is 76.9 Å². The van der Waals surface area contributed by atoms with Crippen molar-refractivity contribution in [1.29, 1.82) is 5.26 Å². The monoisotopic (exact) mass is 409 g/mol. The SMILES string of the molecule is Cc1cc(C)cc(-c2cncc(C=Cc3ccnc(C#N)c3)c2N2CCC(N)CC2)c1. The standard InChI is InChI=1S/C26H27N5/c1-18-11-19(2)13-22(12-18)25-17-29-16-21(26(25)31-9-6-23(28)7-10-31)4-3-20-5-8-30-24(14-20)15-27/h3-5,8,11-14,16-17,23H,6-7,9-10,28H2,1-2H3. The summed E-state index contributed by atoms with van der Waals surface area (Å²) in [6, 6.07) is 12.7. The van der Waals surface area contributed by atoms with E-state index in [0.29, 0.717) is 5.69 Å². The quantitative estimate of drug-likeness (QED) is 0.674. The predicted octanol–water partition coefficient (Wildman–Crippen LogP) is 4.73. The molecule has 0 radical (unpaired) electrons. The number of aromatic nitrogens is 2. The topological polar surface area (TPSA) is 78.8 Å². The highest BCUT2D eigenvalue weighted by Gasteiger charge is 2.22. The minimum atomic E-state index is 0.267. The summed E-state index contributed by atoms with van der Waals surface area (Å²) in [5.41, 5.74) is 14.6. The summed E-state index contributed by atoms with van der Waals surface area (Å²) in [6.07, 6.45) is 11.6. The summed E-state index contributed by atoms with van der Waals surface area (Å²) in [5, 5.41) is 9.13. The van der Waals surface area contributed by atoms with E-state index in [-0.39, 0.29) is 6.04 Å². The highest BCUT2D eigenvalue weighted by molar-refractivity contribution is 5.87. The molecule has 2 aromatic heterocycles. The van der Waals surface area contributed by atoms with Crippen LogP contribution >= 0.6 is 0 Å². The van der Waals surface area contributed by atoms with Gasteiger partial charge in [0, 0.05) is 48.8 Å². The molecular formula is C26H27N5. The third-order valence-electron chi connectivity index (χ3n) is 5.69. The minimum Gasteiger partial charge on any atom is -0.370 e. The molecule has 5 nitrogen and oxygen atoms in total. The summed E-state index contributed by atoms with van der Waals surface area (Å²) in [4.78, 5) is 11.1. The first kappa shape index (κ1) is 20.8. The van der Waals surface area contributed by atoms with Gasteiger partial charge in [0.15, 0.2) is 0 Å². The van der Waals surface area contributed by atoms with E-state index < -0.39 is 0 Å². The van der Waals surface area contributed by atoms with Crippen LogP contribution in [0.2, 0.25) is 0 Å². The van der Waals surface area contributed by atoms with Gasteiger partial charge in [-0.3, -0.25) is 4.98 Å². The number of benzene rings is 1. The molecule has 4 rings (SSSR count). The van der Waals surface area contributed by atoms with Crippen molar-refractivity contribution in [1.82, 2.24) is 9.97 Å². The van der Waals surface area contributed by atoms with Crippen molar-refractivity contribution < 1.29 is 0 Å². The second kappa shape index (κ2) is 9.11. The molecule has 5 heteroatoms. The van der Waals surface area contributed by atoms with Gasteiger partial charge in [0.2, 0.25) is 0 Å². The van der Waals surface area contributed by atoms with Crippen LogP contribution in [-0.2, 0) is 0 Å². The van der Waals surface area contributed by atoms with E-state index in [1.165, 1.54) is 22.4 Å². The number of rotatable bonds is 4. The molecular weight excluding hydrogens is 382 g/mol. The zero-order valence-electron chi connectivity index (χ0n) is 18.0. The van der Waals surface area contributed by atoms with Crippen LogP contribution in [0.3, 0.4) is 0 Å². The van der Waals surface area contributed by atoms with Crippen LogP contribution in [-0.4, -0.2) is 29.1 Å². The number of nitrogens with zero attached hydrogens (tertiary/aromatic N) is 4. The van der Waals surface area contributed by atoms with E-state index in [0.717, 1.165) is 42.6 Å². The number of nitriles is 1. The van der Waals surface area contributed by atoms with Gasteiger partial charge in [-0.15, -0.1) is 0 Å². The smallest absolute Gasteiger partial charge is 0.141 e. The normalized spacial score (nSPS) is 14.7. The first-order chi connectivity index (χ1) is 15.0. The number of hydrogen-bond donors (Lipinski definition) is 1. The Morgan fingerprint density at radius 3 is 2.52 bits per heavy atom. The number of pyridine rings is 2. The summed E-state index contributed by atoms with van der Waals surface area (Å²) < 4.78 is 0. The van der Waals surface area contributed by atoms with Gasteiger partial charge in [-0.2, -0.15) is 5.26 Å².